The summed E-state index contributed by atoms with van der Waals surface area (Å²) in [4.78, 5) is 0.966. The predicted molar refractivity (Wildman–Crippen MR) is 71.5 cm³/mol. The van der Waals surface area contributed by atoms with Crippen LogP contribution in [0.2, 0.25) is 5.02 Å². The van der Waals surface area contributed by atoms with E-state index in [2.05, 4.69) is 15.5 Å². The highest BCUT2D eigenvalue weighted by atomic mass is 35.5. The van der Waals surface area contributed by atoms with Crippen molar-refractivity contribution < 1.29 is 0 Å². The molecule has 0 spiro atoms. The van der Waals surface area contributed by atoms with Crippen molar-refractivity contribution in [2.75, 3.05) is 5.73 Å². The van der Waals surface area contributed by atoms with Gasteiger partial charge in [-0.05, 0) is 41.5 Å². The molecule has 5 nitrogen and oxygen atoms in total. The van der Waals surface area contributed by atoms with Crippen molar-refractivity contribution in [1.29, 1.82) is 0 Å². The molecule has 0 bridgehead atoms. The molecule has 18 heavy (non-hydrogen) atoms. The monoisotopic (exact) mass is 281 g/mol. The van der Waals surface area contributed by atoms with Gasteiger partial charge in [0.25, 0.3) is 0 Å². The number of nitrogen functional groups attached to an aromatic ring is 1. The highest BCUT2D eigenvalue weighted by Gasteiger charge is 2.27. The van der Waals surface area contributed by atoms with E-state index in [0.29, 0.717) is 16.8 Å². The van der Waals surface area contributed by atoms with Gasteiger partial charge < -0.3 is 5.73 Å². The van der Waals surface area contributed by atoms with Crippen LogP contribution >= 0.6 is 23.4 Å². The number of anilines is 1. The van der Waals surface area contributed by atoms with Crippen LogP contribution in [0.1, 0.15) is 24.7 Å². The fourth-order valence-electron chi connectivity index (χ4n) is 1.69. The Balaban J connectivity index is 1.73. The minimum Gasteiger partial charge on any atom is -0.398 e. The number of hydrogen-bond donors (Lipinski definition) is 1. The lowest BCUT2D eigenvalue weighted by atomic mass is 10.3. The van der Waals surface area contributed by atoms with Crippen LogP contribution in [-0.4, -0.2) is 20.2 Å². The number of nitrogens with two attached hydrogens (primary N) is 1. The molecular formula is C11H12ClN5S. The summed E-state index contributed by atoms with van der Waals surface area (Å²) in [6.07, 6.45) is 2.34. The summed E-state index contributed by atoms with van der Waals surface area (Å²) in [6.45, 7) is 0. The number of halogens is 1. The van der Waals surface area contributed by atoms with Crippen molar-refractivity contribution >= 4 is 29.1 Å². The van der Waals surface area contributed by atoms with E-state index in [1.807, 2.05) is 16.8 Å². The largest absolute Gasteiger partial charge is 0.398 e. The van der Waals surface area contributed by atoms with Crippen LogP contribution in [0, 0.1) is 0 Å². The van der Waals surface area contributed by atoms with E-state index in [-0.39, 0.29) is 0 Å². The first-order valence-corrected chi connectivity index (χ1v) is 7.05. The van der Waals surface area contributed by atoms with Crippen LogP contribution in [0.25, 0.3) is 0 Å². The van der Waals surface area contributed by atoms with Gasteiger partial charge in [0.15, 0.2) is 5.82 Å². The summed E-state index contributed by atoms with van der Waals surface area (Å²) in [5, 5.41) is 12.5. The zero-order valence-electron chi connectivity index (χ0n) is 9.58. The van der Waals surface area contributed by atoms with Gasteiger partial charge in [-0.25, -0.2) is 4.68 Å². The van der Waals surface area contributed by atoms with Crippen LogP contribution in [0.4, 0.5) is 5.69 Å². The van der Waals surface area contributed by atoms with Gasteiger partial charge in [-0.15, -0.1) is 16.9 Å². The maximum atomic E-state index is 5.95. The minimum atomic E-state index is 0.493. The molecule has 0 saturated heterocycles. The van der Waals surface area contributed by atoms with Gasteiger partial charge in [-0.3, -0.25) is 0 Å². The van der Waals surface area contributed by atoms with Crippen molar-refractivity contribution in [1.82, 2.24) is 20.2 Å². The average molecular weight is 282 g/mol. The molecule has 2 aromatic rings. The fourth-order valence-corrected chi connectivity index (χ4v) is 2.84. The maximum absolute atomic E-state index is 5.95. The molecule has 1 fully saturated rings. The Morgan fingerprint density at radius 2 is 2.28 bits per heavy atom. The van der Waals surface area contributed by atoms with E-state index in [4.69, 9.17) is 17.3 Å². The molecule has 7 heteroatoms. The second-order valence-electron chi connectivity index (χ2n) is 4.24. The Morgan fingerprint density at radius 1 is 1.44 bits per heavy atom. The number of thioether (sulfide) groups is 1. The van der Waals surface area contributed by atoms with E-state index in [9.17, 15) is 0 Å². The molecule has 1 aliphatic carbocycles. The van der Waals surface area contributed by atoms with Gasteiger partial charge in [0.1, 0.15) is 0 Å². The summed E-state index contributed by atoms with van der Waals surface area (Å²) in [5.41, 5.74) is 6.63. The number of rotatable bonds is 4. The lowest BCUT2D eigenvalue weighted by Crippen LogP contribution is -2.02. The van der Waals surface area contributed by atoms with Gasteiger partial charge in [0.2, 0.25) is 0 Å². The quantitative estimate of drug-likeness (QED) is 0.689. The predicted octanol–water partition coefficient (Wildman–Crippen LogP) is 2.54. The van der Waals surface area contributed by atoms with E-state index in [0.717, 1.165) is 16.4 Å². The molecule has 0 amide bonds. The molecule has 1 saturated carbocycles. The molecule has 0 aliphatic heterocycles. The van der Waals surface area contributed by atoms with E-state index >= 15 is 0 Å². The summed E-state index contributed by atoms with van der Waals surface area (Å²) in [6, 6.07) is 5.96. The molecule has 1 aromatic heterocycles. The Labute approximate surface area is 114 Å². The van der Waals surface area contributed by atoms with Crippen LogP contribution in [0.3, 0.4) is 0 Å². The third-order valence-electron chi connectivity index (χ3n) is 2.79. The van der Waals surface area contributed by atoms with Crippen LogP contribution in [0.5, 0.6) is 0 Å². The Hall–Kier alpha value is -1.27. The second kappa shape index (κ2) is 4.78. The van der Waals surface area contributed by atoms with Crippen molar-refractivity contribution in [2.24, 2.45) is 0 Å². The van der Waals surface area contributed by atoms with E-state index in [1.165, 1.54) is 12.8 Å². The van der Waals surface area contributed by atoms with E-state index in [1.54, 1.807) is 17.8 Å². The number of tetrazole rings is 1. The summed E-state index contributed by atoms with van der Waals surface area (Å²) < 4.78 is 1.91. The Kier molecular flexibility index (Phi) is 3.13. The van der Waals surface area contributed by atoms with Gasteiger partial charge in [-0.2, -0.15) is 0 Å². The first kappa shape index (κ1) is 11.8. The van der Waals surface area contributed by atoms with Gasteiger partial charge in [0, 0.05) is 15.6 Å². The summed E-state index contributed by atoms with van der Waals surface area (Å²) in [5.74, 6) is 1.59. The van der Waals surface area contributed by atoms with Crippen molar-refractivity contribution in [3.63, 3.8) is 0 Å². The molecule has 0 atom stereocenters. The molecule has 2 N–H and O–H groups in total. The molecule has 1 aliphatic rings. The van der Waals surface area contributed by atoms with Crippen LogP contribution in [-0.2, 0) is 5.75 Å². The van der Waals surface area contributed by atoms with Crippen molar-refractivity contribution in [3.8, 4) is 0 Å². The number of hydrogen-bond acceptors (Lipinski definition) is 5. The molecular weight excluding hydrogens is 270 g/mol. The zero-order valence-corrected chi connectivity index (χ0v) is 11.2. The fraction of sp³-hybridized carbons (Fsp3) is 0.364. The molecule has 1 heterocycles. The van der Waals surface area contributed by atoms with Gasteiger partial charge in [0.05, 0.1) is 11.8 Å². The highest BCUT2D eigenvalue weighted by Crippen LogP contribution is 2.36. The zero-order chi connectivity index (χ0) is 12.5. The highest BCUT2D eigenvalue weighted by molar-refractivity contribution is 7.98. The number of nitrogens with zero attached hydrogens (tertiary/aromatic N) is 4. The maximum Gasteiger partial charge on any atom is 0.161 e. The second-order valence-corrected chi connectivity index (χ2v) is 5.70. The Bertz CT molecular complexity index is 566. The summed E-state index contributed by atoms with van der Waals surface area (Å²) in [7, 11) is 0. The molecule has 3 rings (SSSR count). The molecule has 94 valence electrons. The van der Waals surface area contributed by atoms with Crippen molar-refractivity contribution in [3.05, 3.63) is 29.0 Å². The minimum absolute atomic E-state index is 0.493. The standard InChI is InChI=1S/C11H12ClN5S/c12-7-1-4-9(13)10(5-7)18-6-11-14-15-16-17(11)8-2-3-8/h1,4-5,8H,2-3,6,13H2. The first-order valence-electron chi connectivity index (χ1n) is 5.68. The van der Waals surface area contributed by atoms with Gasteiger partial charge >= 0.3 is 0 Å². The Morgan fingerprint density at radius 3 is 3.06 bits per heavy atom. The third-order valence-corrected chi connectivity index (χ3v) is 4.09. The molecule has 0 radical (unpaired) electrons. The third kappa shape index (κ3) is 2.44. The topological polar surface area (TPSA) is 69.6 Å². The number of benzene rings is 1. The lowest BCUT2D eigenvalue weighted by Gasteiger charge is -2.06. The summed E-state index contributed by atoms with van der Waals surface area (Å²) >= 11 is 7.56. The normalized spacial score (nSPS) is 14.9. The van der Waals surface area contributed by atoms with Crippen molar-refractivity contribution in [2.45, 2.75) is 29.5 Å². The average Bonchev–Trinajstić information content (AvgIpc) is 3.10. The molecule has 0 unspecified atom stereocenters. The SMILES string of the molecule is Nc1ccc(Cl)cc1SCc1nnnn1C1CC1. The van der Waals surface area contributed by atoms with Crippen LogP contribution in [0.15, 0.2) is 23.1 Å². The first-order chi connectivity index (χ1) is 8.74. The van der Waals surface area contributed by atoms with Crippen LogP contribution < -0.4 is 5.73 Å². The smallest absolute Gasteiger partial charge is 0.161 e. The number of aromatic nitrogens is 4. The molecule has 1 aromatic carbocycles. The van der Waals surface area contributed by atoms with E-state index < -0.39 is 0 Å². The van der Waals surface area contributed by atoms with Gasteiger partial charge in [-0.1, -0.05) is 11.6 Å². The lowest BCUT2D eigenvalue weighted by molar-refractivity contribution is 0.593.